The van der Waals surface area contributed by atoms with Crippen LogP contribution in [0.15, 0.2) is 54.6 Å². The molecule has 0 saturated heterocycles. The minimum atomic E-state index is 0. The van der Waals surface area contributed by atoms with E-state index in [-0.39, 0.29) is 22.9 Å². The number of hydrogen-bond acceptors (Lipinski definition) is 1. The molecule has 80 valence electrons. The third kappa shape index (κ3) is 5.36. The van der Waals surface area contributed by atoms with E-state index in [4.69, 9.17) is 0 Å². The van der Waals surface area contributed by atoms with Crippen LogP contribution in [0.1, 0.15) is 23.7 Å². The molecule has 0 atom stereocenters. The van der Waals surface area contributed by atoms with Crippen molar-refractivity contribution in [3.63, 3.8) is 0 Å². The summed E-state index contributed by atoms with van der Waals surface area (Å²) in [7, 11) is 0. The van der Waals surface area contributed by atoms with Gasteiger partial charge in [-0.1, -0.05) is 12.5 Å². The SMILES string of the molecule is CCC(=O)[c-]1cccc1.[Fe+2].c1cc[cH-]c1. The van der Waals surface area contributed by atoms with Crippen molar-refractivity contribution in [3.8, 4) is 0 Å². The van der Waals surface area contributed by atoms with Crippen LogP contribution < -0.4 is 0 Å². The Bertz CT molecular complexity index is 315. The molecular weight excluding hydrogens is 228 g/mol. The van der Waals surface area contributed by atoms with E-state index in [0.717, 1.165) is 5.56 Å². The van der Waals surface area contributed by atoms with Gasteiger partial charge in [-0.2, -0.15) is 30.3 Å². The van der Waals surface area contributed by atoms with Gasteiger partial charge in [0.1, 0.15) is 5.78 Å². The minimum absolute atomic E-state index is 0. The first kappa shape index (κ1) is 13.9. The average molecular weight is 242 g/mol. The Morgan fingerprint density at radius 3 is 2.00 bits per heavy atom. The van der Waals surface area contributed by atoms with Crippen LogP contribution in [0.3, 0.4) is 0 Å². The first-order valence-electron chi connectivity index (χ1n) is 4.76. The first-order valence-corrected chi connectivity index (χ1v) is 4.76. The fourth-order valence-corrected chi connectivity index (χ4v) is 1.08. The zero-order valence-electron chi connectivity index (χ0n) is 8.67. The molecular formula is C13H14FeO. The van der Waals surface area contributed by atoms with Crippen molar-refractivity contribution in [2.75, 3.05) is 0 Å². The summed E-state index contributed by atoms with van der Waals surface area (Å²) in [6.45, 7) is 1.87. The van der Waals surface area contributed by atoms with Gasteiger partial charge in [-0.25, -0.2) is 24.3 Å². The molecule has 0 unspecified atom stereocenters. The standard InChI is InChI=1S/C8H9O.C5H5.Fe/c1-2-8(9)7-5-3-4-6-7;1-2-4-5-3-1;/h3-6H,2H2,1H3;1-5H;/q2*-1;+2. The fourth-order valence-electron chi connectivity index (χ4n) is 1.08. The Labute approximate surface area is 101 Å². The van der Waals surface area contributed by atoms with Gasteiger partial charge in [-0.05, 0) is 6.42 Å². The Morgan fingerprint density at radius 1 is 1.13 bits per heavy atom. The van der Waals surface area contributed by atoms with Gasteiger partial charge in [0.25, 0.3) is 0 Å². The molecule has 0 aromatic heterocycles. The van der Waals surface area contributed by atoms with Crippen LogP contribution in [0.2, 0.25) is 0 Å². The van der Waals surface area contributed by atoms with Crippen LogP contribution in [0.25, 0.3) is 0 Å². The second-order valence-corrected chi connectivity index (χ2v) is 2.91. The summed E-state index contributed by atoms with van der Waals surface area (Å²) in [4.78, 5) is 10.9. The van der Waals surface area contributed by atoms with E-state index in [9.17, 15) is 4.79 Å². The summed E-state index contributed by atoms with van der Waals surface area (Å²) >= 11 is 0. The molecule has 0 radical (unpaired) electrons. The molecule has 2 aromatic carbocycles. The summed E-state index contributed by atoms with van der Waals surface area (Å²) in [5.41, 5.74) is 0.831. The second kappa shape index (κ2) is 8.22. The Hall–Kier alpha value is -1.11. The zero-order valence-corrected chi connectivity index (χ0v) is 9.77. The molecule has 2 rings (SSSR count). The predicted molar refractivity (Wildman–Crippen MR) is 58.7 cm³/mol. The van der Waals surface area contributed by atoms with E-state index >= 15 is 0 Å². The van der Waals surface area contributed by atoms with E-state index < -0.39 is 0 Å². The van der Waals surface area contributed by atoms with Gasteiger partial charge < -0.3 is 4.79 Å². The first-order chi connectivity index (χ1) is 6.84. The molecule has 2 heteroatoms. The topological polar surface area (TPSA) is 17.1 Å². The summed E-state index contributed by atoms with van der Waals surface area (Å²) in [5.74, 6) is 0.222. The van der Waals surface area contributed by atoms with Crippen LogP contribution in [0.4, 0.5) is 0 Å². The number of carbonyl (C=O) groups excluding carboxylic acids is 1. The van der Waals surface area contributed by atoms with Crippen LogP contribution in [0.5, 0.6) is 0 Å². The number of hydrogen-bond donors (Lipinski definition) is 0. The van der Waals surface area contributed by atoms with Crippen LogP contribution >= 0.6 is 0 Å². The Kier molecular flexibility index (Phi) is 7.61. The maximum Gasteiger partial charge on any atom is 2.00 e. The monoisotopic (exact) mass is 242 g/mol. The largest absolute Gasteiger partial charge is 2.00 e. The maximum absolute atomic E-state index is 10.9. The number of rotatable bonds is 2. The fraction of sp³-hybridized carbons (Fsp3) is 0.154. The van der Waals surface area contributed by atoms with Crippen LogP contribution in [-0.2, 0) is 17.1 Å². The third-order valence-corrected chi connectivity index (χ3v) is 1.86. The van der Waals surface area contributed by atoms with Crippen LogP contribution in [0, 0.1) is 0 Å². The van der Waals surface area contributed by atoms with Crippen molar-refractivity contribution in [2.45, 2.75) is 13.3 Å². The summed E-state index contributed by atoms with van der Waals surface area (Å²) in [5, 5.41) is 0. The molecule has 15 heavy (non-hydrogen) atoms. The van der Waals surface area contributed by atoms with E-state index in [1.54, 1.807) is 0 Å². The number of ketones is 1. The van der Waals surface area contributed by atoms with Crippen molar-refractivity contribution in [3.05, 3.63) is 60.2 Å². The van der Waals surface area contributed by atoms with Gasteiger partial charge in [0, 0.05) is 0 Å². The molecule has 0 aliphatic rings. The van der Waals surface area contributed by atoms with Crippen molar-refractivity contribution < 1.29 is 21.9 Å². The molecule has 0 N–H and O–H groups in total. The molecule has 0 amide bonds. The van der Waals surface area contributed by atoms with Crippen molar-refractivity contribution in [1.82, 2.24) is 0 Å². The maximum atomic E-state index is 10.9. The smallest absolute Gasteiger partial charge is 0.309 e. The van der Waals surface area contributed by atoms with Gasteiger partial charge in [-0.15, -0.1) is 0 Å². The quantitative estimate of drug-likeness (QED) is 0.448. The van der Waals surface area contributed by atoms with Gasteiger partial charge in [0.05, 0.1) is 0 Å². The number of carbonyl (C=O) groups is 1. The molecule has 0 aliphatic heterocycles. The molecule has 1 nitrogen and oxygen atoms in total. The zero-order chi connectivity index (χ0) is 10.2. The Morgan fingerprint density at radius 2 is 1.67 bits per heavy atom. The molecule has 0 fully saturated rings. The van der Waals surface area contributed by atoms with Gasteiger partial charge in [0.2, 0.25) is 0 Å². The van der Waals surface area contributed by atoms with Crippen molar-refractivity contribution in [1.29, 1.82) is 0 Å². The molecule has 0 saturated carbocycles. The summed E-state index contributed by atoms with van der Waals surface area (Å²) < 4.78 is 0. The predicted octanol–water partition coefficient (Wildman–Crippen LogP) is 3.40. The molecule has 0 spiro atoms. The van der Waals surface area contributed by atoms with Gasteiger partial charge in [0.15, 0.2) is 0 Å². The molecule has 0 heterocycles. The molecule has 0 aliphatic carbocycles. The van der Waals surface area contributed by atoms with E-state index in [0.29, 0.717) is 6.42 Å². The normalized spacial score (nSPS) is 8.33. The molecule has 0 bridgehead atoms. The van der Waals surface area contributed by atoms with Crippen molar-refractivity contribution >= 4 is 5.78 Å². The van der Waals surface area contributed by atoms with E-state index in [1.807, 2.05) is 61.5 Å². The number of Topliss-reactive ketones (excluding diaryl/α,β-unsaturated/α-hetero) is 1. The molecule has 2 aromatic rings. The van der Waals surface area contributed by atoms with Crippen LogP contribution in [-0.4, -0.2) is 5.78 Å². The average Bonchev–Trinajstić information content (AvgIpc) is 2.91. The van der Waals surface area contributed by atoms with E-state index in [1.165, 1.54) is 0 Å². The second-order valence-electron chi connectivity index (χ2n) is 2.91. The minimum Gasteiger partial charge on any atom is -0.309 e. The Balaban J connectivity index is 0.000000280. The van der Waals surface area contributed by atoms with E-state index in [2.05, 4.69) is 0 Å². The summed E-state index contributed by atoms with van der Waals surface area (Å²) in [6, 6.07) is 17.4. The third-order valence-electron chi connectivity index (χ3n) is 1.86. The van der Waals surface area contributed by atoms with Gasteiger partial charge >= 0.3 is 17.1 Å². The van der Waals surface area contributed by atoms with Crippen molar-refractivity contribution in [2.24, 2.45) is 0 Å². The summed E-state index contributed by atoms with van der Waals surface area (Å²) in [6.07, 6.45) is 0.601. The van der Waals surface area contributed by atoms with Gasteiger partial charge in [-0.3, -0.25) is 0 Å².